The highest BCUT2D eigenvalue weighted by atomic mass is 16.5. The fourth-order valence-corrected chi connectivity index (χ4v) is 1.67. The lowest BCUT2D eigenvalue weighted by molar-refractivity contribution is -0.416. The molecule has 1 aromatic heterocycles. The molecule has 0 N–H and O–H groups in total. The van der Waals surface area contributed by atoms with Crippen LogP contribution in [-0.2, 0) is 7.05 Å². The highest BCUT2D eigenvalue weighted by molar-refractivity contribution is 5.97. The summed E-state index contributed by atoms with van der Waals surface area (Å²) in [7, 11) is 3.46. The lowest BCUT2D eigenvalue weighted by atomic mass is 10.2. The predicted octanol–water partition coefficient (Wildman–Crippen LogP) is 1.74. The summed E-state index contributed by atoms with van der Waals surface area (Å²) in [5, 5.41) is 12.0. The maximum absolute atomic E-state index is 10.9. The van der Waals surface area contributed by atoms with Crippen LogP contribution in [0.3, 0.4) is 0 Å². The molecular formula is C11H12N2O. The van der Waals surface area contributed by atoms with E-state index in [9.17, 15) is 5.21 Å². The van der Waals surface area contributed by atoms with Crippen molar-refractivity contribution in [1.82, 2.24) is 4.57 Å². The first-order valence-corrected chi connectivity index (χ1v) is 4.47. The summed E-state index contributed by atoms with van der Waals surface area (Å²) in [5.41, 5.74) is 2.10. The second-order valence-corrected chi connectivity index (χ2v) is 3.39. The molecule has 0 bridgehead atoms. The van der Waals surface area contributed by atoms with Gasteiger partial charge in [-0.3, -0.25) is 0 Å². The quantitative estimate of drug-likeness (QED) is 0.290. The fourth-order valence-electron chi connectivity index (χ4n) is 1.67. The first-order chi connectivity index (χ1) is 6.68. The second kappa shape index (κ2) is 3.18. The van der Waals surface area contributed by atoms with Crippen molar-refractivity contribution in [2.24, 2.45) is 7.05 Å². The Morgan fingerprint density at radius 2 is 2.07 bits per heavy atom. The van der Waals surface area contributed by atoms with Crippen LogP contribution in [0, 0.1) is 5.21 Å². The summed E-state index contributed by atoms with van der Waals surface area (Å²) >= 11 is 0. The molecule has 0 unspecified atom stereocenters. The molecule has 0 aliphatic rings. The topological polar surface area (TPSA) is 31.0 Å². The van der Waals surface area contributed by atoms with E-state index in [1.54, 1.807) is 6.21 Å². The van der Waals surface area contributed by atoms with Crippen LogP contribution in [0.4, 0.5) is 0 Å². The Morgan fingerprint density at radius 3 is 2.79 bits per heavy atom. The average Bonchev–Trinajstić information content (AvgIpc) is 2.44. The number of rotatable bonds is 1. The summed E-state index contributed by atoms with van der Waals surface area (Å²) in [6, 6.07) is 8.03. The zero-order chi connectivity index (χ0) is 10.1. The van der Waals surface area contributed by atoms with E-state index in [1.165, 1.54) is 7.05 Å². The minimum atomic E-state index is 0.821. The lowest BCUT2D eigenvalue weighted by Gasteiger charge is -1.94. The van der Waals surface area contributed by atoms with Crippen LogP contribution >= 0.6 is 0 Å². The molecule has 0 aliphatic heterocycles. The SMILES string of the molecule is Cn1cc(/C=[N+](\C)[O-])c2ccccc21. The monoisotopic (exact) mass is 188 g/mol. The lowest BCUT2D eigenvalue weighted by Crippen LogP contribution is -1.96. The second-order valence-electron chi connectivity index (χ2n) is 3.39. The number of para-hydroxylation sites is 1. The summed E-state index contributed by atoms with van der Waals surface area (Å²) in [5.74, 6) is 0. The van der Waals surface area contributed by atoms with Crippen molar-refractivity contribution in [2.45, 2.75) is 0 Å². The van der Waals surface area contributed by atoms with Crippen LogP contribution in [-0.4, -0.2) is 22.6 Å². The Balaban J connectivity index is 2.73. The van der Waals surface area contributed by atoms with Gasteiger partial charge in [0.15, 0.2) is 6.21 Å². The van der Waals surface area contributed by atoms with Crippen molar-refractivity contribution in [3.05, 3.63) is 41.2 Å². The molecule has 1 heterocycles. The van der Waals surface area contributed by atoms with Gasteiger partial charge in [0.25, 0.3) is 0 Å². The Morgan fingerprint density at radius 1 is 1.36 bits per heavy atom. The van der Waals surface area contributed by atoms with E-state index in [-0.39, 0.29) is 0 Å². The molecule has 0 aliphatic carbocycles. The number of hydroxylamine groups is 1. The molecule has 0 saturated heterocycles. The summed E-state index contributed by atoms with van der Waals surface area (Å²) < 4.78 is 2.84. The van der Waals surface area contributed by atoms with Gasteiger partial charge >= 0.3 is 0 Å². The molecule has 0 spiro atoms. The van der Waals surface area contributed by atoms with E-state index in [0.29, 0.717) is 0 Å². The molecule has 0 fully saturated rings. The molecule has 0 saturated carbocycles. The first-order valence-electron chi connectivity index (χ1n) is 4.47. The van der Waals surface area contributed by atoms with Crippen LogP contribution in [0.2, 0.25) is 0 Å². The van der Waals surface area contributed by atoms with Gasteiger partial charge in [0.1, 0.15) is 7.05 Å². The van der Waals surface area contributed by atoms with Gasteiger partial charge in [-0.25, -0.2) is 4.74 Å². The van der Waals surface area contributed by atoms with E-state index in [0.717, 1.165) is 21.2 Å². The number of aryl methyl sites for hydroxylation is 1. The Labute approximate surface area is 82.5 Å². The summed E-state index contributed by atoms with van der Waals surface area (Å²) in [4.78, 5) is 0. The minimum Gasteiger partial charge on any atom is -0.624 e. The predicted molar refractivity (Wildman–Crippen MR) is 57.6 cm³/mol. The molecule has 3 heteroatoms. The van der Waals surface area contributed by atoms with Crippen LogP contribution in [0.15, 0.2) is 30.5 Å². The summed E-state index contributed by atoms with van der Waals surface area (Å²) in [6.45, 7) is 0. The Hall–Kier alpha value is -1.77. The Bertz CT molecular complexity index is 493. The van der Waals surface area contributed by atoms with Gasteiger partial charge in [0, 0.05) is 24.1 Å². The van der Waals surface area contributed by atoms with Gasteiger partial charge in [0.05, 0.1) is 5.56 Å². The smallest absolute Gasteiger partial charge is 0.183 e. The average molecular weight is 188 g/mol. The molecule has 2 rings (SSSR count). The van der Waals surface area contributed by atoms with Gasteiger partial charge in [-0.15, -0.1) is 0 Å². The number of aromatic nitrogens is 1. The van der Waals surface area contributed by atoms with E-state index in [2.05, 4.69) is 0 Å². The highest BCUT2D eigenvalue weighted by Crippen LogP contribution is 2.18. The normalized spacial score (nSPS) is 12.3. The van der Waals surface area contributed by atoms with Crippen molar-refractivity contribution in [3.8, 4) is 0 Å². The van der Waals surface area contributed by atoms with E-state index in [4.69, 9.17) is 0 Å². The fraction of sp³-hybridized carbons (Fsp3) is 0.182. The van der Waals surface area contributed by atoms with Crippen LogP contribution in [0.25, 0.3) is 10.9 Å². The van der Waals surface area contributed by atoms with Gasteiger partial charge in [-0.2, -0.15) is 0 Å². The van der Waals surface area contributed by atoms with Gasteiger partial charge in [-0.05, 0) is 6.07 Å². The zero-order valence-corrected chi connectivity index (χ0v) is 8.27. The van der Waals surface area contributed by atoms with Gasteiger partial charge in [-0.1, -0.05) is 18.2 Å². The van der Waals surface area contributed by atoms with Crippen molar-refractivity contribution < 1.29 is 4.74 Å². The number of hydrogen-bond acceptors (Lipinski definition) is 1. The molecule has 0 atom stereocenters. The molecule has 0 radical (unpaired) electrons. The molecule has 0 amide bonds. The largest absolute Gasteiger partial charge is 0.624 e. The molecule has 3 nitrogen and oxygen atoms in total. The first kappa shape index (κ1) is 8.81. The van der Waals surface area contributed by atoms with Crippen LogP contribution in [0.1, 0.15) is 5.56 Å². The van der Waals surface area contributed by atoms with Crippen LogP contribution < -0.4 is 0 Å². The third-order valence-corrected chi connectivity index (χ3v) is 2.25. The van der Waals surface area contributed by atoms with Crippen molar-refractivity contribution >= 4 is 17.1 Å². The number of benzene rings is 1. The van der Waals surface area contributed by atoms with Crippen molar-refractivity contribution in [3.63, 3.8) is 0 Å². The van der Waals surface area contributed by atoms with Crippen LogP contribution in [0.5, 0.6) is 0 Å². The standard InChI is InChI=1S/C11H12N2O/c1-12-7-9(8-13(2)14)10-5-3-4-6-11(10)12/h3-8H,1-2H3/b13-8+. The van der Waals surface area contributed by atoms with E-state index in [1.807, 2.05) is 42.1 Å². The molecule has 2 aromatic rings. The number of hydrogen-bond donors (Lipinski definition) is 0. The zero-order valence-electron chi connectivity index (χ0n) is 8.27. The van der Waals surface area contributed by atoms with Crippen molar-refractivity contribution in [2.75, 3.05) is 7.05 Å². The third kappa shape index (κ3) is 1.37. The molecule has 14 heavy (non-hydrogen) atoms. The highest BCUT2D eigenvalue weighted by Gasteiger charge is 2.05. The number of nitrogens with zero attached hydrogens (tertiary/aromatic N) is 2. The number of fused-ring (bicyclic) bond motifs is 1. The van der Waals surface area contributed by atoms with Gasteiger partial charge < -0.3 is 9.77 Å². The Kier molecular flexibility index (Phi) is 2.00. The van der Waals surface area contributed by atoms with Crippen molar-refractivity contribution in [1.29, 1.82) is 0 Å². The molecular weight excluding hydrogens is 176 g/mol. The third-order valence-electron chi connectivity index (χ3n) is 2.25. The van der Waals surface area contributed by atoms with E-state index < -0.39 is 0 Å². The maximum atomic E-state index is 10.9. The van der Waals surface area contributed by atoms with E-state index >= 15 is 0 Å². The summed E-state index contributed by atoms with van der Waals surface area (Å²) in [6.07, 6.45) is 3.54. The minimum absolute atomic E-state index is 0.821. The maximum Gasteiger partial charge on any atom is 0.183 e. The molecule has 72 valence electrons. The molecule has 1 aromatic carbocycles. The van der Waals surface area contributed by atoms with Gasteiger partial charge in [0.2, 0.25) is 0 Å².